The van der Waals surface area contributed by atoms with Gasteiger partial charge in [-0.25, -0.2) is 13.1 Å². The van der Waals surface area contributed by atoms with Crippen LogP contribution in [0.5, 0.6) is 0 Å². The second-order valence-electron chi connectivity index (χ2n) is 6.81. The van der Waals surface area contributed by atoms with Crippen molar-refractivity contribution in [3.8, 4) is 22.3 Å². The zero-order chi connectivity index (χ0) is 20.3. The van der Waals surface area contributed by atoms with E-state index >= 15 is 0 Å². The normalized spacial score (nSPS) is 11.5. The van der Waals surface area contributed by atoms with E-state index in [0.29, 0.717) is 0 Å². The lowest BCUT2D eigenvalue weighted by Gasteiger charge is -2.09. The highest BCUT2D eigenvalue weighted by atomic mass is 32.2. The first kappa shape index (κ1) is 19.5. The maximum absolute atomic E-state index is 12.7. The van der Waals surface area contributed by atoms with Crippen LogP contribution in [-0.4, -0.2) is 13.4 Å². The van der Waals surface area contributed by atoms with Gasteiger partial charge in [0, 0.05) is 24.5 Å². The predicted octanol–water partition coefficient (Wildman–Crippen LogP) is 5.26. The molecule has 4 rings (SSSR count). The van der Waals surface area contributed by atoms with Gasteiger partial charge in [0.25, 0.3) is 0 Å². The van der Waals surface area contributed by atoms with E-state index in [2.05, 4.69) is 15.8 Å². The largest absolute Gasteiger partial charge is 0.264 e. The van der Waals surface area contributed by atoms with Crippen molar-refractivity contribution in [2.45, 2.75) is 18.4 Å². The van der Waals surface area contributed by atoms with E-state index in [1.165, 1.54) is 5.56 Å². The Kier molecular flexibility index (Phi) is 5.58. The minimum atomic E-state index is -3.61. The minimum absolute atomic E-state index is 0.187. The highest BCUT2D eigenvalue weighted by Gasteiger charge is 2.14. The second-order valence-corrected chi connectivity index (χ2v) is 9.36. The number of hydrogen-bond donors (Lipinski definition) is 1. The van der Waals surface area contributed by atoms with Crippen molar-refractivity contribution in [1.82, 2.24) is 9.71 Å². The first-order valence-corrected chi connectivity index (χ1v) is 11.6. The average molecular weight is 421 g/mol. The Labute approximate surface area is 175 Å². The van der Waals surface area contributed by atoms with Crippen molar-refractivity contribution in [2.24, 2.45) is 0 Å². The van der Waals surface area contributed by atoms with E-state index in [9.17, 15) is 8.42 Å². The van der Waals surface area contributed by atoms with E-state index < -0.39 is 10.0 Å². The molecule has 4 nitrogen and oxygen atoms in total. The number of aryl methyl sites for hydroxylation is 1. The van der Waals surface area contributed by atoms with Crippen LogP contribution in [0.3, 0.4) is 0 Å². The summed E-state index contributed by atoms with van der Waals surface area (Å²) in [7, 11) is -3.61. The molecule has 0 fully saturated rings. The van der Waals surface area contributed by atoms with Gasteiger partial charge in [0.15, 0.2) is 0 Å². The van der Waals surface area contributed by atoms with Gasteiger partial charge >= 0.3 is 0 Å². The van der Waals surface area contributed by atoms with Gasteiger partial charge in [-0.05, 0) is 64.2 Å². The van der Waals surface area contributed by atoms with Crippen LogP contribution >= 0.6 is 11.3 Å². The molecule has 0 unspecified atom stereocenters. The molecule has 0 aliphatic heterocycles. The van der Waals surface area contributed by atoms with Crippen LogP contribution < -0.4 is 4.72 Å². The highest BCUT2D eigenvalue weighted by Crippen LogP contribution is 2.23. The lowest BCUT2D eigenvalue weighted by atomic mass is 10.0. The Hall–Kier alpha value is -2.80. The summed E-state index contributed by atoms with van der Waals surface area (Å²) in [5.41, 5.74) is 6.09. The van der Waals surface area contributed by atoms with Crippen LogP contribution in [0.4, 0.5) is 0 Å². The summed E-state index contributed by atoms with van der Waals surface area (Å²) in [5, 5.41) is 4.05. The van der Waals surface area contributed by atoms with Gasteiger partial charge in [-0.2, -0.15) is 11.3 Å². The van der Waals surface area contributed by atoms with Crippen LogP contribution in [0.1, 0.15) is 11.1 Å². The molecule has 0 saturated carbocycles. The van der Waals surface area contributed by atoms with Crippen LogP contribution in [0.15, 0.2) is 88.7 Å². The van der Waals surface area contributed by atoms with Crippen LogP contribution in [-0.2, 0) is 16.6 Å². The first-order valence-electron chi connectivity index (χ1n) is 9.14. The van der Waals surface area contributed by atoms with Crippen molar-refractivity contribution in [2.75, 3.05) is 0 Å². The van der Waals surface area contributed by atoms with Gasteiger partial charge in [0.2, 0.25) is 10.0 Å². The summed E-state index contributed by atoms with van der Waals surface area (Å²) in [6.45, 7) is 2.22. The fourth-order valence-electron chi connectivity index (χ4n) is 3.08. The summed E-state index contributed by atoms with van der Waals surface area (Å²) in [5.74, 6) is 0. The third-order valence-electron chi connectivity index (χ3n) is 4.63. The molecule has 0 radical (unpaired) electrons. The van der Waals surface area contributed by atoms with Gasteiger partial charge < -0.3 is 0 Å². The number of hydrogen-bond acceptors (Lipinski definition) is 4. The van der Waals surface area contributed by atoms with E-state index in [4.69, 9.17) is 0 Å². The number of nitrogens with zero attached hydrogens (tertiary/aromatic N) is 1. The van der Waals surface area contributed by atoms with Crippen LogP contribution in [0, 0.1) is 6.92 Å². The zero-order valence-electron chi connectivity index (χ0n) is 15.9. The molecule has 2 aromatic heterocycles. The molecular weight excluding hydrogens is 400 g/mol. The number of rotatable bonds is 6. The summed E-state index contributed by atoms with van der Waals surface area (Å²) < 4.78 is 28.0. The number of benzene rings is 2. The number of sulfonamides is 1. The summed E-state index contributed by atoms with van der Waals surface area (Å²) >= 11 is 1.62. The smallest absolute Gasteiger partial charge is 0.240 e. The predicted molar refractivity (Wildman–Crippen MR) is 118 cm³/mol. The lowest BCUT2D eigenvalue weighted by molar-refractivity contribution is 0.581. The number of pyridine rings is 1. The topological polar surface area (TPSA) is 59.1 Å². The van der Waals surface area contributed by atoms with Crippen molar-refractivity contribution in [3.05, 3.63) is 94.9 Å². The maximum atomic E-state index is 12.7. The maximum Gasteiger partial charge on any atom is 0.240 e. The quantitative estimate of drug-likeness (QED) is 0.463. The van der Waals surface area contributed by atoms with Crippen molar-refractivity contribution < 1.29 is 8.42 Å². The van der Waals surface area contributed by atoms with Crippen LogP contribution in [0.2, 0.25) is 0 Å². The van der Waals surface area contributed by atoms with Crippen molar-refractivity contribution >= 4 is 21.4 Å². The molecule has 6 heteroatoms. The molecule has 146 valence electrons. The molecule has 2 heterocycles. The van der Waals surface area contributed by atoms with Gasteiger partial charge in [0.1, 0.15) is 0 Å². The number of aromatic nitrogens is 1. The summed E-state index contributed by atoms with van der Waals surface area (Å²) in [6, 6.07) is 19.1. The second kappa shape index (κ2) is 8.29. The lowest BCUT2D eigenvalue weighted by Crippen LogP contribution is -2.23. The van der Waals surface area contributed by atoms with Crippen molar-refractivity contribution in [3.63, 3.8) is 0 Å². The highest BCUT2D eigenvalue weighted by molar-refractivity contribution is 7.89. The summed E-state index contributed by atoms with van der Waals surface area (Å²) in [6.07, 6.45) is 3.46. The fourth-order valence-corrected chi connectivity index (χ4v) is 4.77. The first-order chi connectivity index (χ1) is 14.0. The molecule has 0 aliphatic carbocycles. The molecule has 0 spiro atoms. The third-order valence-corrected chi connectivity index (χ3v) is 6.73. The van der Waals surface area contributed by atoms with Gasteiger partial charge in [-0.15, -0.1) is 0 Å². The molecule has 4 aromatic rings. The van der Waals surface area contributed by atoms with E-state index in [0.717, 1.165) is 27.8 Å². The van der Waals surface area contributed by atoms with Gasteiger partial charge in [0.05, 0.1) is 4.90 Å². The Bertz CT molecular complexity index is 1220. The molecule has 0 amide bonds. The zero-order valence-corrected chi connectivity index (χ0v) is 17.5. The Balaban J connectivity index is 1.48. The average Bonchev–Trinajstić information content (AvgIpc) is 3.28. The molecule has 0 bridgehead atoms. The molecule has 1 N–H and O–H groups in total. The Morgan fingerprint density at radius 3 is 2.45 bits per heavy atom. The monoisotopic (exact) mass is 420 g/mol. The third kappa shape index (κ3) is 4.62. The SMILES string of the molecule is Cc1cccc(-c2ccc(S(=O)(=O)NCc3cncc(-c4ccsc4)c3)cc2)c1. The number of nitrogens with one attached hydrogen (secondary N) is 1. The molecule has 0 atom stereocenters. The van der Waals surface area contributed by atoms with Gasteiger partial charge in [-0.3, -0.25) is 4.98 Å². The van der Waals surface area contributed by atoms with E-state index in [1.54, 1.807) is 35.9 Å². The van der Waals surface area contributed by atoms with E-state index in [1.807, 2.05) is 60.1 Å². The minimum Gasteiger partial charge on any atom is -0.264 e. The number of thiophene rings is 1. The Morgan fingerprint density at radius 1 is 0.897 bits per heavy atom. The molecule has 0 aliphatic rings. The van der Waals surface area contributed by atoms with Gasteiger partial charge in [-0.1, -0.05) is 42.0 Å². The summed E-state index contributed by atoms with van der Waals surface area (Å²) in [4.78, 5) is 4.48. The Morgan fingerprint density at radius 2 is 1.72 bits per heavy atom. The van der Waals surface area contributed by atoms with E-state index in [-0.39, 0.29) is 11.4 Å². The molecule has 0 saturated heterocycles. The van der Waals surface area contributed by atoms with Crippen LogP contribution in [0.25, 0.3) is 22.3 Å². The standard InChI is InChI=1S/C23H20N2O2S2/c1-17-3-2-4-20(11-17)19-5-7-23(8-6-19)29(26,27)25-14-18-12-22(15-24-13-18)21-9-10-28-16-21/h2-13,15-16,25H,14H2,1H3. The fraction of sp³-hybridized carbons (Fsp3) is 0.0870. The molecular formula is C23H20N2O2S2. The van der Waals surface area contributed by atoms with Crippen molar-refractivity contribution in [1.29, 1.82) is 0 Å². The molecule has 29 heavy (non-hydrogen) atoms. The molecule has 2 aromatic carbocycles.